The third-order valence-electron chi connectivity index (χ3n) is 3.99. The van der Waals surface area contributed by atoms with Crippen molar-refractivity contribution in [2.75, 3.05) is 24.3 Å². The maximum atomic E-state index is 4.72. The summed E-state index contributed by atoms with van der Waals surface area (Å²) in [6.45, 7) is 0.759. The van der Waals surface area contributed by atoms with Crippen LogP contribution in [-0.2, 0) is 6.54 Å². The summed E-state index contributed by atoms with van der Waals surface area (Å²) in [5.74, 6) is 0. The van der Waals surface area contributed by atoms with Gasteiger partial charge in [0.1, 0.15) is 0 Å². The van der Waals surface area contributed by atoms with E-state index in [1.54, 1.807) is 11.3 Å². The van der Waals surface area contributed by atoms with Crippen molar-refractivity contribution in [1.29, 1.82) is 0 Å². The van der Waals surface area contributed by atoms with Gasteiger partial charge in [-0.1, -0.05) is 53.8 Å². The number of rotatable bonds is 5. The maximum absolute atomic E-state index is 4.72. The summed E-state index contributed by atoms with van der Waals surface area (Å²) < 4.78 is 1.84. The zero-order valence-electron chi connectivity index (χ0n) is 14.2. The molecule has 1 N–H and O–H groups in total. The second-order valence-electron chi connectivity index (χ2n) is 6.04. The summed E-state index contributed by atoms with van der Waals surface area (Å²) in [6.07, 6.45) is 1.98. The van der Waals surface area contributed by atoms with Crippen LogP contribution in [0.1, 0.15) is 5.56 Å². The van der Waals surface area contributed by atoms with E-state index < -0.39 is 0 Å². The molecule has 0 bridgehead atoms. The van der Waals surface area contributed by atoms with Crippen molar-refractivity contribution in [1.82, 2.24) is 14.6 Å². The molecule has 126 valence electrons. The molecular weight excluding hydrogens is 330 g/mol. The molecule has 0 amide bonds. The van der Waals surface area contributed by atoms with Gasteiger partial charge in [-0.05, 0) is 17.7 Å². The molecule has 0 unspecified atom stereocenters. The van der Waals surface area contributed by atoms with E-state index in [1.807, 2.05) is 43.0 Å². The van der Waals surface area contributed by atoms with Gasteiger partial charge in [0.2, 0.25) is 10.1 Å². The van der Waals surface area contributed by atoms with Crippen LogP contribution in [0.3, 0.4) is 0 Å². The highest BCUT2D eigenvalue weighted by atomic mass is 32.1. The van der Waals surface area contributed by atoms with E-state index in [4.69, 9.17) is 4.98 Å². The Labute approximate surface area is 150 Å². The molecule has 4 rings (SSSR count). The molecule has 2 aromatic carbocycles. The third-order valence-corrected chi connectivity index (χ3v) is 4.87. The lowest BCUT2D eigenvalue weighted by atomic mass is 10.1. The predicted molar refractivity (Wildman–Crippen MR) is 104 cm³/mol. The molecule has 25 heavy (non-hydrogen) atoms. The van der Waals surface area contributed by atoms with Gasteiger partial charge in [-0.25, -0.2) is 9.50 Å². The number of anilines is 2. The molecule has 2 heterocycles. The highest BCUT2D eigenvalue weighted by Gasteiger charge is 2.10. The largest absolute Gasteiger partial charge is 0.378 e. The molecule has 0 saturated heterocycles. The summed E-state index contributed by atoms with van der Waals surface area (Å²) in [5.41, 5.74) is 4.43. The summed E-state index contributed by atoms with van der Waals surface area (Å²) in [4.78, 5) is 7.70. The van der Waals surface area contributed by atoms with Gasteiger partial charge in [-0.2, -0.15) is 0 Å². The molecule has 0 aliphatic heterocycles. The number of imidazole rings is 1. The average molecular weight is 349 g/mol. The molecule has 6 heteroatoms. The molecule has 0 spiro atoms. The lowest BCUT2D eigenvalue weighted by molar-refractivity contribution is 0.962. The van der Waals surface area contributed by atoms with Crippen molar-refractivity contribution in [3.63, 3.8) is 0 Å². The number of nitrogens with zero attached hydrogens (tertiary/aromatic N) is 4. The summed E-state index contributed by atoms with van der Waals surface area (Å²) in [7, 11) is 4.08. The highest BCUT2D eigenvalue weighted by Crippen LogP contribution is 2.26. The number of hydrogen-bond donors (Lipinski definition) is 1. The first-order valence-corrected chi connectivity index (χ1v) is 8.92. The van der Waals surface area contributed by atoms with Gasteiger partial charge in [0.05, 0.1) is 11.9 Å². The SMILES string of the molecule is CN(C)c1cccc(-c2cn3nc(NCc4ccccc4)sc3n2)c1. The number of hydrogen-bond acceptors (Lipinski definition) is 5. The maximum Gasteiger partial charge on any atom is 0.214 e. The molecule has 0 radical (unpaired) electrons. The third kappa shape index (κ3) is 3.34. The van der Waals surface area contributed by atoms with E-state index in [9.17, 15) is 0 Å². The van der Waals surface area contributed by atoms with Crippen molar-refractivity contribution >= 4 is 27.1 Å². The first kappa shape index (κ1) is 15.7. The standard InChI is InChI=1S/C19H19N5S/c1-23(2)16-10-6-9-15(11-16)17-13-24-19(21-17)25-18(22-24)20-12-14-7-4-3-5-8-14/h3-11,13H,12H2,1-2H3,(H,20,22). The van der Waals surface area contributed by atoms with Crippen LogP contribution < -0.4 is 10.2 Å². The molecule has 5 nitrogen and oxygen atoms in total. The molecular formula is C19H19N5S. The van der Waals surface area contributed by atoms with Gasteiger partial charge < -0.3 is 10.2 Å². The fourth-order valence-electron chi connectivity index (χ4n) is 2.63. The summed E-state index contributed by atoms with van der Waals surface area (Å²) in [5, 5.41) is 8.82. The van der Waals surface area contributed by atoms with Crippen LogP contribution in [0, 0.1) is 0 Å². The number of nitrogens with one attached hydrogen (secondary N) is 1. The van der Waals surface area contributed by atoms with Gasteiger partial charge in [-0.15, -0.1) is 5.10 Å². The van der Waals surface area contributed by atoms with Crippen molar-refractivity contribution in [2.45, 2.75) is 6.54 Å². The zero-order chi connectivity index (χ0) is 17.2. The minimum atomic E-state index is 0.759. The quantitative estimate of drug-likeness (QED) is 0.588. The number of fused-ring (bicyclic) bond motifs is 1. The Hall–Kier alpha value is -2.86. The Balaban J connectivity index is 1.54. The fourth-order valence-corrected chi connectivity index (χ4v) is 3.40. The van der Waals surface area contributed by atoms with Crippen LogP contribution in [-0.4, -0.2) is 28.7 Å². The van der Waals surface area contributed by atoms with Crippen molar-refractivity contribution in [3.8, 4) is 11.3 Å². The van der Waals surface area contributed by atoms with Crippen LogP contribution >= 0.6 is 11.3 Å². The van der Waals surface area contributed by atoms with E-state index in [2.05, 4.69) is 51.7 Å². The normalized spacial score (nSPS) is 11.0. The van der Waals surface area contributed by atoms with E-state index >= 15 is 0 Å². The van der Waals surface area contributed by atoms with Crippen LogP contribution in [0.2, 0.25) is 0 Å². The summed E-state index contributed by atoms with van der Waals surface area (Å²) >= 11 is 1.56. The van der Waals surface area contributed by atoms with E-state index in [1.165, 1.54) is 5.56 Å². The number of aromatic nitrogens is 3. The van der Waals surface area contributed by atoms with Gasteiger partial charge in [0.25, 0.3) is 0 Å². The number of benzene rings is 2. The zero-order valence-corrected chi connectivity index (χ0v) is 15.0. The minimum absolute atomic E-state index is 0.759. The molecule has 0 aliphatic rings. The fraction of sp³-hybridized carbons (Fsp3) is 0.158. The van der Waals surface area contributed by atoms with Crippen LogP contribution in [0.25, 0.3) is 16.2 Å². The Morgan fingerprint density at radius 3 is 2.68 bits per heavy atom. The van der Waals surface area contributed by atoms with Crippen LogP contribution in [0.4, 0.5) is 10.8 Å². The molecule has 0 fully saturated rings. The van der Waals surface area contributed by atoms with Gasteiger partial charge >= 0.3 is 0 Å². The second kappa shape index (κ2) is 6.57. The summed E-state index contributed by atoms with van der Waals surface area (Å²) in [6, 6.07) is 18.7. The monoisotopic (exact) mass is 349 g/mol. The molecule has 0 aliphatic carbocycles. The first-order chi connectivity index (χ1) is 12.2. The van der Waals surface area contributed by atoms with Crippen LogP contribution in [0.15, 0.2) is 60.8 Å². The van der Waals surface area contributed by atoms with Crippen molar-refractivity contribution < 1.29 is 0 Å². The van der Waals surface area contributed by atoms with Gasteiger partial charge in [0, 0.05) is 31.9 Å². The Kier molecular flexibility index (Phi) is 4.11. The highest BCUT2D eigenvalue weighted by molar-refractivity contribution is 7.20. The van der Waals surface area contributed by atoms with E-state index in [0.29, 0.717) is 0 Å². The Morgan fingerprint density at radius 2 is 1.92 bits per heavy atom. The van der Waals surface area contributed by atoms with Crippen molar-refractivity contribution in [2.24, 2.45) is 0 Å². The van der Waals surface area contributed by atoms with Crippen molar-refractivity contribution in [3.05, 3.63) is 66.4 Å². The molecule has 0 atom stereocenters. The molecule has 4 aromatic rings. The minimum Gasteiger partial charge on any atom is -0.378 e. The predicted octanol–water partition coefficient (Wildman–Crippen LogP) is 4.14. The first-order valence-electron chi connectivity index (χ1n) is 8.11. The van der Waals surface area contributed by atoms with E-state index in [0.717, 1.165) is 33.6 Å². The Morgan fingerprint density at radius 1 is 1.08 bits per heavy atom. The molecule has 0 saturated carbocycles. The lowest BCUT2D eigenvalue weighted by Gasteiger charge is -2.12. The van der Waals surface area contributed by atoms with Crippen LogP contribution in [0.5, 0.6) is 0 Å². The van der Waals surface area contributed by atoms with Gasteiger partial charge in [-0.3, -0.25) is 0 Å². The Bertz CT molecular complexity index is 956. The second-order valence-corrected chi connectivity index (χ2v) is 7.00. The average Bonchev–Trinajstić information content (AvgIpc) is 3.19. The lowest BCUT2D eigenvalue weighted by Crippen LogP contribution is -2.08. The topological polar surface area (TPSA) is 45.5 Å². The van der Waals surface area contributed by atoms with E-state index in [-0.39, 0.29) is 0 Å². The smallest absolute Gasteiger partial charge is 0.214 e. The van der Waals surface area contributed by atoms with Gasteiger partial charge in [0.15, 0.2) is 0 Å². The molecule has 2 aromatic heterocycles.